The number of hydrogen-bond donors (Lipinski definition) is 1. The number of ether oxygens (including phenoxy) is 2. The fourth-order valence-electron chi connectivity index (χ4n) is 2.36. The summed E-state index contributed by atoms with van der Waals surface area (Å²) in [6.07, 6.45) is 2.28. The van der Waals surface area contributed by atoms with Crippen LogP contribution in [0.3, 0.4) is 0 Å². The Morgan fingerprint density at radius 3 is 2.39 bits per heavy atom. The first-order valence-corrected chi connectivity index (χ1v) is 8.42. The molecule has 0 aromatic heterocycles. The fraction of sp³-hybridized carbons (Fsp3) is 0.400. The Balaban J connectivity index is 1.58. The third-order valence-corrected chi connectivity index (χ3v) is 3.61. The minimum absolute atomic E-state index is 0.602. The smallest absolute Gasteiger partial charge is 0.119 e. The Labute approximate surface area is 139 Å². The number of benzene rings is 2. The maximum absolute atomic E-state index is 5.61. The molecule has 0 bridgehead atoms. The van der Waals surface area contributed by atoms with Gasteiger partial charge in [-0.2, -0.15) is 0 Å². The highest BCUT2D eigenvalue weighted by Crippen LogP contribution is 2.12. The average molecular weight is 313 g/mol. The van der Waals surface area contributed by atoms with E-state index < -0.39 is 0 Å². The quantitative estimate of drug-likeness (QED) is 0.640. The maximum Gasteiger partial charge on any atom is 0.119 e. The fourth-order valence-corrected chi connectivity index (χ4v) is 2.36. The average Bonchev–Trinajstić information content (AvgIpc) is 2.60. The highest BCUT2D eigenvalue weighted by atomic mass is 16.5. The van der Waals surface area contributed by atoms with Gasteiger partial charge >= 0.3 is 0 Å². The topological polar surface area (TPSA) is 30.5 Å². The van der Waals surface area contributed by atoms with Crippen LogP contribution in [0.2, 0.25) is 0 Å². The summed E-state index contributed by atoms with van der Waals surface area (Å²) in [4.78, 5) is 0. The molecule has 124 valence electrons. The van der Waals surface area contributed by atoms with Crippen LogP contribution >= 0.6 is 0 Å². The lowest BCUT2D eigenvalue weighted by Crippen LogP contribution is -2.15. The van der Waals surface area contributed by atoms with Crippen LogP contribution in [-0.4, -0.2) is 26.4 Å². The zero-order valence-corrected chi connectivity index (χ0v) is 14.0. The third kappa shape index (κ3) is 7.31. The molecule has 2 aromatic carbocycles. The van der Waals surface area contributed by atoms with Gasteiger partial charge in [-0.3, -0.25) is 0 Å². The molecule has 3 nitrogen and oxygen atoms in total. The second kappa shape index (κ2) is 10.8. The van der Waals surface area contributed by atoms with Gasteiger partial charge in [-0.05, 0) is 49.6 Å². The molecule has 2 rings (SSSR count). The standard InChI is InChI=1S/C20H27NO2/c1-2-22-15-16-23-20-12-10-19(11-13-20)17-21-14-6-9-18-7-4-3-5-8-18/h3-5,7-8,10-13,21H,2,6,9,14-17H2,1H3. The van der Waals surface area contributed by atoms with Gasteiger partial charge in [0.15, 0.2) is 0 Å². The van der Waals surface area contributed by atoms with Gasteiger partial charge in [-0.1, -0.05) is 42.5 Å². The van der Waals surface area contributed by atoms with Gasteiger partial charge in [0.05, 0.1) is 6.61 Å². The molecular formula is C20H27NO2. The van der Waals surface area contributed by atoms with Crippen LogP contribution in [0.25, 0.3) is 0 Å². The Hall–Kier alpha value is -1.84. The van der Waals surface area contributed by atoms with E-state index in [0.29, 0.717) is 13.2 Å². The first-order chi connectivity index (χ1) is 11.4. The van der Waals surface area contributed by atoms with Crippen LogP contribution < -0.4 is 10.1 Å². The van der Waals surface area contributed by atoms with Crippen LogP contribution in [0.4, 0.5) is 0 Å². The van der Waals surface area contributed by atoms with Crippen molar-refractivity contribution in [1.29, 1.82) is 0 Å². The molecule has 0 aliphatic carbocycles. The summed E-state index contributed by atoms with van der Waals surface area (Å²) in [5.41, 5.74) is 2.68. The van der Waals surface area contributed by atoms with Crippen molar-refractivity contribution in [3.05, 3.63) is 65.7 Å². The monoisotopic (exact) mass is 313 g/mol. The zero-order valence-electron chi connectivity index (χ0n) is 14.0. The van der Waals surface area contributed by atoms with Gasteiger partial charge in [0.2, 0.25) is 0 Å². The van der Waals surface area contributed by atoms with E-state index in [2.05, 4.69) is 47.8 Å². The summed E-state index contributed by atoms with van der Waals surface area (Å²) < 4.78 is 10.9. The molecule has 0 radical (unpaired) electrons. The SMILES string of the molecule is CCOCCOc1ccc(CNCCCc2ccccc2)cc1. The summed E-state index contributed by atoms with van der Waals surface area (Å²) in [7, 11) is 0. The molecule has 2 aromatic rings. The van der Waals surface area contributed by atoms with Crippen molar-refractivity contribution in [1.82, 2.24) is 5.32 Å². The molecular weight excluding hydrogens is 286 g/mol. The zero-order chi connectivity index (χ0) is 16.2. The van der Waals surface area contributed by atoms with E-state index >= 15 is 0 Å². The first-order valence-electron chi connectivity index (χ1n) is 8.42. The van der Waals surface area contributed by atoms with Crippen molar-refractivity contribution in [2.24, 2.45) is 0 Å². The van der Waals surface area contributed by atoms with Crippen molar-refractivity contribution in [3.63, 3.8) is 0 Å². The van der Waals surface area contributed by atoms with Crippen LogP contribution in [0.1, 0.15) is 24.5 Å². The minimum atomic E-state index is 0.602. The highest BCUT2D eigenvalue weighted by Gasteiger charge is 1.97. The van der Waals surface area contributed by atoms with Crippen molar-refractivity contribution in [2.45, 2.75) is 26.3 Å². The molecule has 0 saturated heterocycles. The van der Waals surface area contributed by atoms with Crippen LogP contribution in [0.15, 0.2) is 54.6 Å². The second-order valence-electron chi connectivity index (χ2n) is 5.46. The highest BCUT2D eigenvalue weighted by molar-refractivity contribution is 5.27. The molecule has 0 heterocycles. The van der Waals surface area contributed by atoms with Gasteiger partial charge in [-0.25, -0.2) is 0 Å². The van der Waals surface area contributed by atoms with Gasteiger partial charge in [0.1, 0.15) is 12.4 Å². The van der Waals surface area contributed by atoms with E-state index in [-0.39, 0.29) is 0 Å². The van der Waals surface area contributed by atoms with E-state index in [0.717, 1.165) is 38.3 Å². The second-order valence-corrected chi connectivity index (χ2v) is 5.46. The van der Waals surface area contributed by atoms with Gasteiger partial charge in [0.25, 0.3) is 0 Å². The predicted octanol–water partition coefficient (Wildman–Crippen LogP) is 3.82. The lowest BCUT2D eigenvalue weighted by molar-refractivity contribution is 0.110. The number of nitrogens with one attached hydrogen (secondary N) is 1. The Morgan fingerprint density at radius 2 is 1.65 bits per heavy atom. The Kier molecular flexibility index (Phi) is 8.23. The molecule has 0 atom stereocenters. The summed E-state index contributed by atoms with van der Waals surface area (Å²) >= 11 is 0. The summed E-state index contributed by atoms with van der Waals surface area (Å²) in [6.45, 7) is 5.89. The van der Waals surface area contributed by atoms with Gasteiger partial charge < -0.3 is 14.8 Å². The molecule has 0 aliphatic rings. The summed E-state index contributed by atoms with van der Waals surface area (Å²) in [6, 6.07) is 18.9. The van der Waals surface area contributed by atoms with Gasteiger partial charge in [0, 0.05) is 13.2 Å². The summed E-state index contributed by atoms with van der Waals surface area (Å²) in [5, 5.41) is 3.49. The molecule has 0 saturated carbocycles. The van der Waals surface area contributed by atoms with Crippen LogP contribution in [-0.2, 0) is 17.7 Å². The van der Waals surface area contributed by atoms with Crippen LogP contribution in [0.5, 0.6) is 5.75 Å². The number of rotatable bonds is 11. The molecule has 3 heteroatoms. The third-order valence-electron chi connectivity index (χ3n) is 3.61. The predicted molar refractivity (Wildman–Crippen MR) is 94.9 cm³/mol. The van der Waals surface area contributed by atoms with E-state index in [1.54, 1.807) is 0 Å². The normalized spacial score (nSPS) is 10.7. The molecule has 0 amide bonds. The van der Waals surface area contributed by atoms with Crippen molar-refractivity contribution in [2.75, 3.05) is 26.4 Å². The summed E-state index contributed by atoms with van der Waals surface area (Å²) in [5.74, 6) is 0.900. The van der Waals surface area contributed by atoms with Crippen molar-refractivity contribution in [3.8, 4) is 5.75 Å². The lowest BCUT2D eigenvalue weighted by Gasteiger charge is -2.08. The van der Waals surface area contributed by atoms with E-state index in [4.69, 9.17) is 9.47 Å². The largest absolute Gasteiger partial charge is 0.491 e. The van der Waals surface area contributed by atoms with Gasteiger partial charge in [-0.15, -0.1) is 0 Å². The maximum atomic E-state index is 5.61. The minimum Gasteiger partial charge on any atom is -0.491 e. The number of aryl methyl sites for hydroxylation is 1. The Morgan fingerprint density at radius 1 is 0.870 bits per heavy atom. The molecule has 23 heavy (non-hydrogen) atoms. The van der Waals surface area contributed by atoms with E-state index in [9.17, 15) is 0 Å². The van der Waals surface area contributed by atoms with Crippen molar-refractivity contribution >= 4 is 0 Å². The van der Waals surface area contributed by atoms with E-state index in [1.807, 2.05) is 19.1 Å². The molecule has 0 fully saturated rings. The molecule has 0 spiro atoms. The molecule has 1 N–H and O–H groups in total. The van der Waals surface area contributed by atoms with Crippen molar-refractivity contribution < 1.29 is 9.47 Å². The number of hydrogen-bond acceptors (Lipinski definition) is 3. The molecule has 0 unspecified atom stereocenters. The van der Waals surface area contributed by atoms with E-state index in [1.165, 1.54) is 11.1 Å². The van der Waals surface area contributed by atoms with Crippen LogP contribution in [0, 0.1) is 0 Å². The molecule has 0 aliphatic heterocycles. The lowest BCUT2D eigenvalue weighted by atomic mass is 10.1. The first kappa shape index (κ1) is 17.5. The Bertz CT molecular complexity index is 525.